The molecule has 0 radical (unpaired) electrons. The highest BCUT2D eigenvalue weighted by molar-refractivity contribution is 6.23. The number of nitrogens with zero attached hydrogens (tertiary/aromatic N) is 2. The minimum Gasteiger partial charge on any atom is -0.454 e. The number of carbonyl (C=O) groups excluding carboxylic acids is 4. The van der Waals surface area contributed by atoms with E-state index in [2.05, 4.69) is 5.32 Å². The second-order valence-corrected chi connectivity index (χ2v) is 9.01. The number of anilines is 2. The molecule has 1 atom stereocenters. The molecule has 2 aliphatic rings. The molecule has 37 heavy (non-hydrogen) atoms. The van der Waals surface area contributed by atoms with Crippen molar-refractivity contribution in [1.29, 1.82) is 0 Å². The van der Waals surface area contributed by atoms with Gasteiger partial charge in [-0.25, -0.2) is 4.90 Å². The van der Waals surface area contributed by atoms with Gasteiger partial charge in [0.15, 0.2) is 11.5 Å². The van der Waals surface area contributed by atoms with Crippen molar-refractivity contribution in [2.24, 2.45) is 0 Å². The molecular formula is C28H25N3O6. The van der Waals surface area contributed by atoms with E-state index >= 15 is 0 Å². The van der Waals surface area contributed by atoms with E-state index in [4.69, 9.17) is 9.47 Å². The molecule has 0 bridgehead atoms. The van der Waals surface area contributed by atoms with Crippen molar-refractivity contribution in [1.82, 2.24) is 4.90 Å². The molecule has 1 saturated heterocycles. The monoisotopic (exact) mass is 499 g/mol. The predicted octanol–water partition coefficient (Wildman–Crippen LogP) is 3.66. The maximum atomic E-state index is 13.7. The Bertz CT molecular complexity index is 1400. The number of aryl methyl sites for hydroxylation is 1. The Hall–Kier alpha value is -4.66. The molecule has 5 rings (SSSR count). The lowest BCUT2D eigenvalue weighted by molar-refractivity contribution is -0.122. The first-order valence-electron chi connectivity index (χ1n) is 11.8. The zero-order valence-electron chi connectivity index (χ0n) is 20.4. The fraction of sp³-hybridized carbons (Fsp3) is 0.214. The highest BCUT2D eigenvalue weighted by Crippen LogP contribution is 2.34. The Morgan fingerprint density at radius 2 is 1.76 bits per heavy atom. The number of carbonyl (C=O) groups is 4. The highest BCUT2D eigenvalue weighted by Gasteiger charge is 2.44. The lowest BCUT2D eigenvalue weighted by atomic mass is 10.1. The minimum atomic E-state index is -0.985. The van der Waals surface area contributed by atoms with Crippen molar-refractivity contribution in [3.63, 3.8) is 0 Å². The molecule has 4 amide bonds. The molecule has 2 heterocycles. The minimum absolute atomic E-state index is 0.0996. The van der Waals surface area contributed by atoms with Crippen LogP contribution in [0.2, 0.25) is 0 Å². The second kappa shape index (κ2) is 9.77. The van der Waals surface area contributed by atoms with Crippen molar-refractivity contribution >= 4 is 35.0 Å². The van der Waals surface area contributed by atoms with Gasteiger partial charge in [-0.15, -0.1) is 0 Å². The molecule has 1 N–H and O–H groups in total. The summed E-state index contributed by atoms with van der Waals surface area (Å²) in [5.74, 6) is -0.296. The van der Waals surface area contributed by atoms with E-state index in [1.807, 2.05) is 19.1 Å². The fourth-order valence-corrected chi connectivity index (χ4v) is 4.53. The van der Waals surface area contributed by atoms with Gasteiger partial charge in [0, 0.05) is 24.7 Å². The summed E-state index contributed by atoms with van der Waals surface area (Å²) in [6.45, 7) is 3.50. The fourth-order valence-electron chi connectivity index (χ4n) is 4.53. The topological polar surface area (TPSA) is 105 Å². The SMILES string of the molecule is CC(=O)Nc1ccc(N2C(=O)CC(N(Cc3ccc4c(c3)OCO4)C(=O)c3cccc(C)c3)C2=O)cc1. The number of imide groups is 1. The smallest absolute Gasteiger partial charge is 0.257 e. The number of rotatable bonds is 6. The van der Waals surface area contributed by atoms with Crippen LogP contribution in [0.5, 0.6) is 11.5 Å². The molecule has 0 saturated carbocycles. The Balaban J connectivity index is 1.46. The summed E-state index contributed by atoms with van der Waals surface area (Å²) in [6.07, 6.45) is -0.144. The zero-order chi connectivity index (χ0) is 26.1. The van der Waals surface area contributed by atoms with Gasteiger partial charge in [-0.05, 0) is 61.0 Å². The molecule has 1 unspecified atom stereocenters. The van der Waals surface area contributed by atoms with Gasteiger partial charge < -0.3 is 19.7 Å². The number of hydrogen-bond donors (Lipinski definition) is 1. The summed E-state index contributed by atoms with van der Waals surface area (Å²) in [6, 6.07) is 17.9. The predicted molar refractivity (Wildman–Crippen MR) is 135 cm³/mol. The molecule has 3 aromatic carbocycles. The van der Waals surface area contributed by atoms with E-state index in [0.717, 1.165) is 16.0 Å². The number of amides is 4. The van der Waals surface area contributed by atoms with Crippen molar-refractivity contribution in [2.45, 2.75) is 32.9 Å². The van der Waals surface area contributed by atoms with Crippen LogP contribution in [0.25, 0.3) is 0 Å². The van der Waals surface area contributed by atoms with Gasteiger partial charge in [-0.3, -0.25) is 19.2 Å². The second-order valence-electron chi connectivity index (χ2n) is 9.01. The molecule has 1 fully saturated rings. The normalized spacial score (nSPS) is 16.2. The Kier molecular flexibility index (Phi) is 6.35. The van der Waals surface area contributed by atoms with Gasteiger partial charge in [0.25, 0.3) is 11.8 Å². The van der Waals surface area contributed by atoms with Gasteiger partial charge in [0.2, 0.25) is 18.6 Å². The average Bonchev–Trinajstić information content (AvgIpc) is 3.45. The van der Waals surface area contributed by atoms with E-state index < -0.39 is 17.9 Å². The van der Waals surface area contributed by atoms with Gasteiger partial charge >= 0.3 is 0 Å². The summed E-state index contributed by atoms with van der Waals surface area (Å²) in [5, 5.41) is 2.66. The molecule has 3 aromatic rings. The molecule has 0 spiro atoms. The van der Waals surface area contributed by atoms with Crippen molar-refractivity contribution in [2.75, 3.05) is 17.0 Å². The van der Waals surface area contributed by atoms with Crippen LogP contribution in [0.15, 0.2) is 66.7 Å². The van der Waals surface area contributed by atoms with E-state index in [1.54, 1.807) is 54.6 Å². The number of fused-ring (bicyclic) bond motifs is 1. The summed E-state index contributed by atoms with van der Waals surface area (Å²) in [4.78, 5) is 54.2. The largest absolute Gasteiger partial charge is 0.454 e. The van der Waals surface area contributed by atoms with Crippen LogP contribution >= 0.6 is 0 Å². The van der Waals surface area contributed by atoms with Crippen LogP contribution in [0.4, 0.5) is 11.4 Å². The summed E-state index contributed by atoms with van der Waals surface area (Å²) < 4.78 is 10.9. The van der Waals surface area contributed by atoms with Gasteiger partial charge in [-0.2, -0.15) is 0 Å². The van der Waals surface area contributed by atoms with Crippen LogP contribution in [0, 0.1) is 6.92 Å². The number of nitrogens with one attached hydrogen (secondary N) is 1. The first-order valence-corrected chi connectivity index (χ1v) is 11.8. The third-order valence-corrected chi connectivity index (χ3v) is 6.26. The Labute approximate surface area is 213 Å². The lowest BCUT2D eigenvalue weighted by Crippen LogP contribution is -2.45. The van der Waals surface area contributed by atoms with Crippen molar-refractivity contribution < 1.29 is 28.7 Å². The molecular weight excluding hydrogens is 474 g/mol. The number of ether oxygens (including phenoxy) is 2. The standard InChI is InChI=1S/C28H25N3O6/c1-17-4-3-5-20(12-17)27(34)30(15-19-6-11-24-25(13-19)37-16-36-24)23-14-26(33)31(28(23)35)22-9-7-21(8-10-22)29-18(2)32/h3-13,23H,14-16H2,1-2H3,(H,29,32). The van der Waals surface area contributed by atoms with E-state index in [1.165, 1.54) is 11.8 Å². The molecule has 0 aliphatic carbocycles. The number of hydrogen-bond acceptors (Lipinski definition) is 6. The van der Waals surface area contributed by atoms with Crippen LogP contribution < -0.4 is 19.7 Å². The van der Waals surface area contributed by atoms with Crippen molar-refractivity contribution in [3.8, 4) is 11.5 Å². The lowest BCUT2D eigenvalue weighted by Gasteiger charge is -2.28. The van der Waals surface area contributed by atoms with Gasteiger partial charge in [0.1, 0.15) is 6.04 Å². The molecule has 9 nitrogen and oxygen atoms in total. The quantitative estimate of drug-likeness (QED) is 0.519. The van der Waals surface area contributed by atoms with Crippen LogP contribution in [0.3, 0.4) is 0 Å². The van der Waals surface area contributed by atoms with Gasteiger partial charge in [-0.1, -0.05) is 23.8 Å². The zero-order valence-corrected chi connectivity index (χ0v) is 20.4. The van der Waals surface area contributed by atoms with E-state index in [9.17, 15) is 19.2 Å². The molecule has 2 aliphatic heterocycles. The van der Waals surface area contributed by atoms with Crippen molar-refractivity contribution in [3.05, 3.63) is 83.4 Å². The maximum Gasteiger partial charge on any atom is 0.257 e. The van der Waals surface area contributed by atoms with Crippen LogP contribution in [0.1, 0.15) is 34.8 Å². The van der Waals surface area contributed by atoms with Gasteiger partial charge in [0.05, 0.1) is 12.1 Å². The van der Waals surface area contributed by atoms with E-state index in [-0.39, 0.29) is 31.6 Å². The summed E-state index contributed by atoms with van der Waals surface area (Å²) in [7, 11) is 0. The Morgan fingerprint density at radius 1 is 1.00 bits per heavy atom. The van der Waals surface area contributed by atoms with E-state index in [0.29, 0.717) is 28.4 Å². The first-order chi connectivity index (χ1) is 17.8. The average molecular weight is 500 g/mol. The third-order valence-electron chi connectivity index (χ3n) is 6.26. The summed E-state index contributed by atoms with van der Waals surface area (Å²) >= 11 is 0. The molecule has 0 aromatic heterocycles. The van der Waals surface area contributed by atoms with Crippen LogP contribution in [-0.4, -0.2) is 41.4 Å². The first kappa shape index (κ1) is 24.1. The van der Waals surface area contributed by atoms with Crippen LogP contribution in [-0.2, 0) is 20.9 Å². The Morgan fingerprint density at radius 3 is 2.49 bits per heavy atom. The maximum absolute atomic E-state index is 13.7. The summed E-state index contributed by atoms with van der Waals surface area (Å²) in [5.41, 5.74) is 3.00. The highest BCUT2D eigenvalue weighted by atomic mass is 16.7. The molecule has 9 heteroatoms. The third kappa shape index (κ3) is 4.88. The number of benzene rings is 3. The molecule has 188 valence electrons.